The smallest absolute Gasteiger partial charge is 0.305 e. The minimum atomic E-state index is -1.13. The van der Waals surface area contributed by atoms with Crippen LogP contribution in [0.5, 0.6) is 11.5 Å². The lowest BCUT2D eigenvalue weighted by Gasteiger charge is -2.11. The van der Waals surface area contributed by atoms with E-state index >= 15 is 0 Å². The molecule has 0 fully saturated rings. The van der Waals surface area contributed by atoms with Gasteiger partial charge in [-0.2, -0.15) is 0 Å². The number of benzene rings is 1. The Labute approximate surface area is 109 Å². The van der Waals surface area contributed by atoms with E-state index < -0.39 is 23.6 Å². The number of Topliss-reactive ketones (excluding diaryl/α,β-unsaturated/α-hetero) is 1. The largest absolute Gasteiger partial charge is 0.497 e. The summed E-state index contributed by atoms with van der Waals surface area (Å²) in [6.07, 6.45) is -0.435. The van der Waals surface area contributed by atoms with E-state index in [2.05, 4.69) is 0 Å². The van der Waals surface area contributed by atoms with Gasteiger partial charge in [0, 0.05) is 6.07 Å². The molecule has 1 aromatic carbocycles. The monoisotopic (exact) mass is 272 g/mol. The Bertz CT molecular complexity index is 458. The van der Waals surface area contributed by atoms with Crippen molar-refractivity contribution in [3.63, 3.8) is 0 Å². The van der Waals surface area contributed by atoms with Crippen LogP contribution >= 0.6 is 11.6 Å². The van der Waals surface area contributed by atoms with E-state index in [1.165, 1.54) is 26.4 Å². The van der Waals surface area contributed by atoms with Crippen LogP contribution in [0.2, 0.25) is 0 Å². The summed E-state index contributed by atoms with van der Waals surface area (Å²) in [5.74, 6) is -0.780. The first kappa shape index (κ1) is 14.3. The number of carbonyl (C=O) groups is 2. The molecule has 6 heteroatoms. The fourth-order valence-corrected chi connectivity index (χ4v) is 1.67. The quantitative estimate of drug-likeness (QED) is 0.633. The molecule has 1 unspecified atom stereocenters. The van der Waals surface area contributed by atoms with Crippen molar-refractivity contribution in [1.29, 1.82) is 0 Å². The van der Waals surface area contributed by atoms with E-state index in [1.54, 1.807) is 6.07 Å². The predicted octanol–water partition coefficient (Wildman–Crippen LogP) is 1.97. The lowest BCUT2D eigenvalue weighted by Crippen LogP contribution is -2.19. The third-order valence-corrected chi connectivity index (χ3v) is 2.66. The van der Waals surface area contributed by atoms with Gasteiger partial charge >= 0.3 is 5.97 Å². The average Bonchev–Trinajstić information content (AvgIpc) is 2.36. The van der Waals surface area contributed by atoms with E-state index in [-0.39, 0.29) is 5.56 Å². The van der Waals surface area contributed by atoms with Gasteiger partial charge in [0.15, 0.2) is 5.78 Å². The molecule has 1 atom stereocenters. The minimum Gasteiger partial charge on any atom is -0.497 e. The number of ether oxygens (including phenoxy) is 2. The zero-order chi connectivity index (χ0) is 13.7. The number of hydrogen-bond donors (Lipinski definition) is 1. The van der Waals surface area contributed by atoms with Crippen LogP contribution in [0, 0.1) is 0 Å². The van der Waals surface area contributed by atoms with Crippen molar-refractivity contribution in [2.75, 3.05) is 14.2 Å². The Kier molecular flexibility index (Phi) is 4.97. The van der Waals surface area contributed by atoms with E-state index in [9.17, 15) is 9.59 Å². The maximum atomic E-state index is 11.9. The Morgan fingerprint density at radius 1 is 1.33 bits per heavy atom. The molecule has 1 rings (SSSR count). The van der Waals surface area contributed by atoms with Gasteiger partial charge in [-0.05, 0) is 12.1 Å². The van der Waals surface area contributed by atoms with Gasteiger partial charge in [-0.25, -0.2) is 0 Å². The van der Waals surface area contributed by atoms with E-state index in [0.29, 0.717) is 11.5 Å². The van der Waals surface area contributed by atoms with Crippen LogP contribution in [0.25, 0.3) is 0 Å². The number of carboxylic acids is 1. The number of alkyl halides is 1. The number of halogens is 1. The van der Waals surface area contributed by atoms with Gasteiger partial charge < -0.3 is 14.6 Å². The van der Waals surface area contributed by atoms with Gasteiger partial charge in [0.1, 0.15) is 16.9 Å². The molecule has 0 saturated heterocycles. The molecule has 0 aliphatic heterocycles. The maximum absolute atomic E-state index is 11.9. The third-order valence-electron chi connectivity index (χ3n) is 2.31. The summed E-state index contributed by atoms with van der Waals surface area (Å²) in [6, 6.07) is 4.62. The van der Waals surface area contributed by atoms with E-state index in [4.69, 9.17) is 26.2 Å². The average molecular weight is 273 g/mol. The fourth-order valence-electron chi connectivity index (χ4n) is 1.42. The van der Waals surface area contributed by atoms with Crippen LogP contribution in [0.15, 0.2) is 18.2 Å². The zero-order valence-corrected chi connectivity index (χ0v) is 10.7. The van der Waals surface area contributed by atoms with Crippen LogP contribution in [0.3, 0.4) is 0 Å². The normalized spacial score (nSPS) is 11.7. The zero-order valence-electron chi connectivity index (χ0n) is 9.97. The van der Waals surface area contributed by atoms with Crippen LogP contribution < -0.4 is 9.47 Å². The molecular formula is C12H13ClO5. The predicted molar refractivity (Wildman–Crippen MR) is 65.8 cm³/mol. The summed E-state index contributed by atoms with van der Waals surface area (Å²) in [7, 11) is 2.90. The first-order chi connectivity index (χ1) is 8.49. The number of carboxylic acid groups (broad SMARTS) is 1. The van der Waals surface area contributed by atoms with Crippen molar-refractivity contribution >= 4 is 23.4 Å². The molecule has 0 aliphatic rings. The molecule has 0 spiro atoms. The van der Waals surface area contributed by atoms with Crippen LogP contribution in [-0.4, -0.2) is 36.5 Å². The molecule has 0 bridgehead atoms. The molecule has 5 nitrogen and oxygen atoms in total. The highest BCUT2D eigenvalue weighted by Crippen LogP contribution is 2.27. The van der Waals surface area contributed by atoms with Gasteiger partial charge in [-0.3, -0.25) is 9.59 Å². The minimum absolute atomic E-state index is 0.236. The maximum Gasteiger partial charge on any atom is 0.305 e. The number of rotatable bonds is 6. The van der Waals surface area contributed by atoms with Gasteiger partial charge in [-0.1, -0.05) is 0 Å². The standard InChI is InChI=1S/C12H13ClO5/c1-17-7-3-4-8(10(5-7)18-2)12(16)9(13)6-11(14)15/h3-5,9H,6H2,1-2H3,(H,14,15). The number of ketones is 1. The number of carbonyl (C=O) groups excluding carboxylic acids is 1. The van der Waals surface area contributed by atoms with Crippen LogP contribution in [0.4, 0.5) is 0 Å². The second-order valence-corrected chi connectivity index (χ2v) is 4.02. The Morgan fingerprint density at radius 3 is 2.50 bits per heavy atom. The molecule has 98 valence electrons. The molecule has 18 heavy (non-hydrogen) atoms. The number of methoxy groups -OCH3 is 2. The van der Waals surface area contributed by atoms with E-state index in [0.717, 1.165) is 0 Å². The highest BCUT2D eigenvalue weighted by molar-refractivity contribution is 6.35. The summed E-state index contributed by atoms with van der Waals surface area (Å²) in [5.41, 5.74) is 0.236. The topological polar surface area (TPSA) is 72.8 Å². The summed E-state index contributed by atoms with van der Waals surface area (Å²) in [5, 5.41) is 7.48. The highest BCUT2D eigenvalue weighted by atomic mass is 35.5. The van der Waals surface area contributed by atoms with Crippen LogP contribution in [-0.2, 0) is 4.79 Å². The van der Waals surface area contributed by atoms with Crippen molar-refractivity contribution in [3.8, 4) is 11.5 Å². The molecule has 1 N–H and O–H groups in total. The Hall–Kier alpha value is -1.75. The summed E-state index contributed by atoms with van der Waals surface area (Å²) >= 11 is 5.75. The summed E-state index contributed by atoms with van der Waals surface area (Å²) in [6.45, 7) is 0. The third kappa shape index (κ3) is 3.37. The van der Waals surface area contributed by atoms with Gasteiger partial charge in [-0.15, -0.1) is 11.6 Å². The lowest BCUT2D eigenvalue weighted by atomic mass is 10.0. The van der Waals surface area contributed by atoms with Crippen molar-refractivity contribution in [3.05, 3.63) is 23.8 Å². The highest BCUT2D eigenvalue weighted by Gasteiger charge is 2.23. The van der Waals surface area contributed by atoms with Gasteiger partial charge in [0.2, 0.25) is 0 Å². The molecule has 1 aromatic rings. The van der Waals surface area contributed by atoms with Gasteiger partial charge in [0.05, 0.1) is 26.2 Å². The van der Waals surface area contributed by atoms with E-state index in [1.807, 2.05) is 0 Å². The molecule has 0 aliphatic carbocycles. The summed E-state index contributed by atoms with van der Waals surface area (Å²) in [4.78, 5) is 22.5. The Balaban J connectivity index is 3.01. The van der Waals surface area contributed by atoms with Crippen molar-refractivity contribution < 1.29 is 24.2 Å². The molecule has 0 aromatic heterocycles. The van der Waals surface area contributed by atoms with Crippen LogP contribution in [0.1, 0.15) is 16.8 Å². The van der Waals surface area contributed by atoms with Crippen molar-refractivity contribution in [2.24, 2.45) is 0 Å². The van der Waals surface area contributed by atoms with Gasteiger partial charge in [0.25, 0.3) is 0 Å². The Morgan fingerprint density at radius 2 is 2.00 bits per heavy atom. The first-order valence-electron chi connectivity index (χ1n) is 5.11. The SMILES string of the molecule is COc1ccc(C(=O)C(Cl)CC(=O)O)c(OC)c1. The summed E-state index contributed by atoms with van der Waals surface area (Å²) < 4.78 is 10.1. The second kappa shape index (κ2) is 6.26. The first-order valence-corrected chi connectivity index (χ1v) is 5.55. The lowest BCUT2D eigenvalue weighted by molar-refractivity contribution is -0.136. The molecule has 0 saturated carbocycles. The second-order valence-electron chi connectivity index (χ2n) is 3.50. The fraction of sp³-hybridized carbons (Fsp3) is 0.333. The van der Waals surface area contributed by atoms with Crippen molar-refractivity contribution in [1.82, 2.24) is 0 Å². The number of hydrogen-bond acceptors (Lipinski definition) is 4. The molecule has 0 radical (unpaired) electrons. The van der Waals surface area contributed by atoms with Crippen molar-refractivity contribution in [2.45, 2.75) is 11.8 Å². The molecule has 0 heterocycles. The number of aliphatic carboxylic acids is 1. The molecular weight excluding hydrogens is 260 g/mol. The molecule has 0 amide bonds.